The number of nitrogens with zero attached hydrogens (tertiary/aromatic N) is 1. The number of carbonyl (C=O) groups excluding carboxylic acids is 2. The lowest BCUT2D eigenvalue weighted by molar-refractivity contribution is -0.124. The molecule has 2 aromatic rings. The Balaban J connectivity index is 1.51. The number of halogens is 1. The van der Waals surface area contributed by atoms with E-state index >= 15 is 0 Å². The first-order valence-electron chi connectivity index (χ1n) is 9.21. The Kier molecular flexibility index (Phi) is 8.18. The van der Waals surface area contributed by atoms with Crippen molar-refractivity contribution >= 4 is 56.6 Å². The minimum atomic E-state index is -3.76. The maximum atomic E-state index is 12.8. The average Bonchev–Trinajstić information content (AvgIpc) is 3.25. The SMILES string of the molecule is O=C(COC(=O)c1sccc1S(=O)(=O)N1CCSCC1)NCCc1ccc(Cl)cc1. The van der Waals surface area contributed by atoms with Gasteiger partial charge < -0.3 is 10.1 Å². The number of esters is 1. The molecule has 0 unspecified atom stereocenters. The van der Waals surface area contributed by atoms with E-state index in [2.05, 4.69) is 5.32 Å². The molecule has 7 nitrogen and oxygen atoms in total. The normalized spacial score (nSPS) is 15.0. The summed E-state index contributed by atoms with van der Waals surface area (Å²) in [5.41, 5.74) is 1.02. The van der Waals surface area contributed by atoms with Crippen LogP contribution in [0.1, 0.15) is 15.2 Å². The third-order valence-corrected chi connectivity index (χ3v) is 8.54. The van der Waals surface area contributed by atoms with Crippen molar-refractivity contribution in [2.75, 3.05) is 37.7 Å². The number of carbonyl (C=O) groups is 2. The van der Waals surface area contributed by atoms with Gasteiger partial charge in [0, 0.05) is 36.2 Å². The van der Waals surface area contributed by atoms with Crippen LogP contribution in [-0.2, 0) is 26.0 Å². The quantitative estimate of drug-likeness (QED) is 0.574. The van der Waals surface area contributed by atoms with Gasteiger partial charge >= 0.3 is 5.97 Å². The number of benzene rings is 1. The van der Waals surface area contributed by atoms with Crippen LogP contribution in [0.25, 0.3) is 0 Å². The van der Waals surface area contributed by atoms with E-state index in [1.165, 1.54) is 15.8 Å². The fourth-order valence-electron chi connectivity index (χ4n) is 2.82. The van der Waals surface area contributed by atoms with Crippen LogP contribution in [0.4, 0.5) is 0 Å². The molecule has 0 spiro atoms. The highest BCUT2D eigenvalue weighted by Crippen LogP contribution is 2.27. The Labute approximate surface area is 188 Å². The molecule has 1 saturated heterocycles. The Hall–Kier alpha value is -1.59. The monoisotopic (exact) mass is 488 g/mol. The molecule has 1 N–H and O–H groups in total. The molecule has 1 amide bonds. The summed E-state index contributed by atoms with van der Waals surface area (Å²) >= 11 is 8.52. The van der Waals surface area contributed by atoms with Gasteiger partial charge in [0.1, 0.15) is 9.77 Å². The minimum Gasteiger partial charge on any atom is -0.451 e. The fourth-order valence-corrected chi connectivity index (χ4v) is 6.81. The van der Waals surface area contributed by atoms with E-state index in [1.54, 1.807) is 23.9 Å². The number of thioether (sulfide) groups is 1. The van der Waals surface area contributed by atoms with Crippen molar-refractivity contribution in [1.29, 1.82) is 0 Å². The molecule has 1 aliphatic rings. The maximum Gasteiger partial charge on any atom is 0.350 e. The number of nitrogens with one attached hydrogen (secondary N) is 1. The molecule has 2 heterocycles. The zero-order valence-electron chi connectivity index (χ0n) is 16.0. The van der Waals surface area contributed by atoms with Gasteiger partial charge in [-0.1, -0.05) is 23.7 Å². The molecule has 162 valence electrons. The van der Waals surface area contributed by atoms with Crippen LogP contribution in [0.5, 0.6) is 0 Å². The second-order valence-electron chi connectivity index (χ2n) is 6.43. The summed E-state index contributed by atoms with van der Waals surface area (Å²) in [4.78, 5) is 24.3. The second kappa shape index (κ2) is 10.6. The number of sulfonamides is 1. The Bertz CT molecular complexity index is 986. The summed E-state index contributed by atoms with van der Waals surface area (Å²) in [6.07, 6.45) is 0.609. The topological polar surface area (TPSA) is 92.8 Å². The first kappa shape index (κ1) is 23.1. The van der Waals surface area contributed by atoms with Crippen molar-refractivity contribution in [3.63, 3.8) is 0 Å². The van der Waals surface area contributed by atoms with Gasteiger partial charge in [0.05, 0.1) is 0 Å². The highest BCUT2D eigenvalue weighted by molar-refractivity contribution is 7.99. The van der Waals surface area contributed by atoms with Crippen LogP contribution < -0.4 is 5.32 Å². The maximum absolute atomic E-state index is 12.8. The van der Waals surface area contributed by atoms with Crippen molar-refractivity contribution in [2.45, 2.75) is 11.3 Å². The average molecular weight is 489 g/mol. The summed E-state index contributed by atoms with van der Waals surface area (Å²) in [7, 11) is -3.76. The molecule has 0 aliphatic carbocycles. The molecule has 0 saturated carbocycles. The van der Waals surface area contributed by atoms with E-state index in [0.717, 1.165) is 28.4 Å². The smallest absolute Gasteiger partial charge is 0.350 e. The Morgan fingerprint density at radius 3 is 2.53 bits per heavy atom. The lowest BCUT2D eigenvalue weighted by atomic mass is 10.1. The van der Waals surface area contributed by atoms with Crippen LogP contribution in [0.15, 0.2) is 40.6 Å². The highest BCUT2D eigenvalue weighted by atomic mass is 35.5. The number of ether oxygens (including phenoxy) is 1. The van der Waals surface area contributed by atoms with E-state index < -0.39 is 28.5 Å². The first-order valence-corrected chi connectivity index (χ1v) is 13.1. The van der Waals surface area contributed by atoms with Crippen molar-refractivity contribution in [1.82, 2.24) is 9.62 Å². The largest absolute Gasteiger partial charge is 0.451 e. The van der Waals surface area contributed by atoms with Gasteiger partial charge in [-0.3, -0.25) is 4.79 Å². The molecule has 0 atom stereocenters. The lowest BCUT2D eigenvalue weighted by Crippen LogP contribution is -2.38. The van der Waals surface area contributed by atoms with Gasteiger partial charge in [-0.15, -0.1) is 11.3 Å². The van der Waals surface area contributed by atoms with Gasteiger partial charge in [-0.05, 0) is 35.6 Å². The third-order valence-electron chi connectivity index (χ3n) is 4.39. The summed E-state index contributed by atoms with van der Waals surface area (Å²) in [5.74, 6) is 0.174. The van der Waals surface area contributed by atoms with Crippen molar-refractivity contribution in [3.8, 4) is 0 Å². The summed E-state index contributed by atoms with van der Waals surface area (Å²) < 4.78 is 32.1. The zero-order valence-corrected chi connectivity index (χ0v) is 19.2. The van der Waals surface area contributed by atoms with Gasteiger partial charge in [-0.25, -0.2) is 13.2 Å². The van der Waals surface area contributed by atoms with E-state index in [0.29, 0.717) is 31.1 Å². The van der Waals surface area contributed by atoms with Gasteiger partial charge in [0.15, 0.2) is 6.61 Å². The first-order chi connectivity index (χ1) is 14.4. The summed E-state index contributed by atoms with van der Waals surface area (Å²) in [5, 5.41) is 4.85. The molecule has 1 fully saturated rings. The highest BCUT2D eigenvalue weighted by Gasteiger charge is 2.31. The number of hydrogen-bond donors (Lipinski definition) is 1. The molecule has 0 bridgehead atoms. The lowest BCUT2D eigenvalue weighted by Gasteiger charge is -2.25. The van der Waals surface area contributed by atoms with E-state index in [4.69, 9.17) is 16.3 Å². The van der Waals surface area contributed by atoms with Crippen LogP contribution in [-0.4, -0.2) is 62.3 Å². The fraction of sp³-hybridized carbons (Fsp3) is 0.368. The Morgan fingerprint density at radius 1 is 1.13 bits per heavy atom. The summed E-state index contributed by atoms with van der Waals surface area (Å²) in [6.45, 7) is 0.724. The molecule has 1 aromatic heterocycles. The predicted molar refractivity (Wildman–Crippen MR) is 119 cm³/mol. The third kappa shape index (κ3) is 5.98. The molecular weight excluding hydrogens is 468 g/mol. The van der Waals surface area contributed by atoms with Crippen molar-refractivity contribution in [3.05, 3.63) is 51.2 Å². The second-order valence-corrected chi connectivity index (χ2v) is 10.9. The zero-order chi connectivity index (χ0) is 21.6. The number of hydrogen-bond acceptors (Lipinski definition) is 7. The molecule has 30 heavy (non-hydrogen) atoms. The number of thiophene rings is 1. The van der Waals surface area contributed by atoms with Gasteiger partial charge in [-0.2, -0.15) is 16.1 Å². The molecule has 3 rings (SSSR count). The molecule has 11 heteroatoms. The van der Waals surface area contributed by atoms with Crippen LogP contribution >= 0.6 is 34.7 Å². The van der Waals surface area contributed by atoms with Crippen molar-refractivity contribution in [2.24, 2.45) is 0 Å². The Morgan fingerprint density at radius 2 is 1.83 bits per heavy atom. The van der Waals surface area contributed by atoms with E-state index in [-0.39, 0.29) is 9.77 Å². The van der Waals surface area contributed by atoms with Crippen LogP contribution in [0, 0.1) is 0 Å². The summed E-state index contributed by atoms with van der Waals surface area (Å²) in [6, 6.07) is 8.69. The van der Waals surface area contributed by atoms with Crippen LogP contribution in [0.3, 0.4) is 0 Å². The minimum absolute atomic E-state index is 0.0119. The van der Waals surface area contributed by atoms with E-state index in [1.807, 2.05) is 12.1 Å². The van der Waals surface area contributed by atoms with Gasteiger partial charge in [0.25, 0.3) is 5.91 Å². The number of amides is 1. The van der Waals surface area contributed by atoms with Gasteiger partial charge in [0.2, 0.25) is 10.0 Å². The van der Waals surface area contributed by atoms with Crippen LogP contribution in [0.2, 0.25) is 5.02 Å². The molecular formula is C19H21ClN2O5S3. The molecule has 1 aliphatic heterocycles. The van der Waals surface area contributed by atoms with Crippen molar-refractivity contribution < 1.29 is 22.7 Å². The molecule has 1 aromatic carbocycles. The number of rotatable bonds is 8. The predicted octanol–water partition coefficient (Wildman–Crippen LogP) is 2.65. The molecule has 0 radical (unpaired) electrons. The standard InChI is InChI=1S/C19H21ClN2O5S3/c20-15-3-1-14(2-4-15)5-7-21-17(23)13-27-19(24)18-16(6-10-29-18)30(25,26)22-8-11-28-12-9-22/h1-4,6,10H,5,7-9,11-13H2,(H,21,23). The van der Waals surface area contributed by atoms with E-state index in [9.17, 15) is 18.0 Å².